The quantitative estimate of drug-likeness (QED) is 0.615. The van der Waals surface area contributed by atoms with Crippen LogP contribution in [0.1, 0.15) is 33.1 Å². The predicted molar refractivity (Wildman–Crippen MR) is 54.4 cm³/mol. The van der Waals surface area contributed by atoms with E-state index in [-0.39, 0.29) is 0 Å². The van der Waals surface area contributed by atoms with E-state index in [1.54, 1.807) is 0 Å². The molecular formula is C11H19NO. The van der Waals surface area contributed by atoms with Gasteiger partial charge in [-0.15, -0.1) is 5.92 Å². The Balaban J connectivity index is 2.46. The van der Waals surface area contributed by atoms with Gasteiger partial charge in [0.1, 0.15) is 5.60 Å². The van der Waals surface area contributed by atoms with Crippen molar-refractivity contribution in [3.63, 3.8) is 0 Å². The molecular weight excluding hydrogens is 162 g/mol. The second-order valence-electron chi connectivity index (χ2n) is 3.62. The first-order valence-corrected chi connectivity index (χ1v) is 5.15. The van der Waals surface area contributed by atoms with Crippen LogP contribution in [0.3, 0.4) is 0 Å². The van der Waals surface area contributed by atoms with Gasteiger partial charge in [-0.05, 0) is 6.54 Å². The Morgan fingerprint density at radius 3 is 2.38 bits per heavy atom. The van der Waals surface area contributed by atoms with Gasteiger partial charge in [0.05, 0.1) is 0 Å². The van der Waals surface area contributed by atoms with Crippen LogP contribution < -0.4 is 0 Å². The van der Waals surface area contributed by atoms with Crippen LogP contribution in [-0.4, -0.2) is 35.2 Å². The molecule has 74 valence electrons. The Hall–Kier alpha value is -0.520. The topological polar surface area (TPSA) is 23.5 Å². The van der Waals surface area contributed by atoms with Crippen molar-refractivity contribution in [2.75, 3.05) is 19.6 Å². The zero-order valence-corrected chi connectivity index (χ0v) is 8.64. The van der Waals surface area contributed by atoms with E-state index in [0.29, 0.717) is 0 Å². The van der Waals surface area contributed by atoms with Crippen molar-refractivity contribution in [3.05, 3.63) is 0 Å². The molecule has 0 saturated carbocycles. The van der Waals surface area contributed by atoms with Gasteiger partial charge in [-0.3, -0.25) is 0 Å². The SMILES string of the molecule is CCC#CC1(O)CCN(CC)CC1. The van der Waals surface area contributed by atoms with Gasteiger partial charge in [0.25, 0.3) is 0 Å². The van der Waals surface area contributed by atoms with Crippen molar-refractivity contribution in [1.29, 1.82) is 0 Å². The molecule has 0 aromatic carbocycles. The van der Waals surface area contributed by atoms with Crippen LogP contribution in [0.2, 0.25) is 0 Å². The minimum absolute atomic E-state index is 0.693. The maximum atomic E-state index is 10.0. The molecule has 0 unspecified atom stereocenters. The normalized spacial score (nSPS) is 22.1. The van der Waals surface area contributed by atoms with Crippen molar-refractivity contribution in [2.24, 2.45) is 0 Å². The first-order chi connectivity index (χ1) is 6.20. The lowest BCUT2D eigenvalue weighted by molar-refractivity contribution is 0.0288. The van der Waals surface area contributed by atoms with Gasteiger partial charge in [-0.1, -0.05) is 19.8 Å². The highest BCUT2D eigenvalue weighted by atomic mass is 16.3. The third-order valence-corrected chi connectivity index (χ3v) is 2.63. The summed E-state index contributed by atoms with van der Waals surface area (Å²) in [5.74, 6) is 5.94. The summed E-state index contributed by atoms with van der Waals surface area (Å²) in [6.07, 6.45) is 2.43. The summed E-state index contributed by atoms with van der Waals surface area (Å²) < 4.78 is 0. The fraction of sp³-hybridized carbons (Fsp3) is 0.818. The van der Waals surface area contributed by atoms with Crippen LogP contribution in [0, 0.1) is 11.8 Å². The maximum Gasteiger partial charge on any atom is 0.127 e. The van der Waals surface area contributed by atoms with Gasteiger partial charge in [0.2, 0.25) is 0 Å². The Labute approximate surface area is 80.9 Å². The molecule has 13 heavy (non-hydrogen) atoms. The van der Waals surface area contributed by atoms with E-state index in [2.05, 4.69) is 23.7 Å². The molecule has 2 heteroatoms. The third-order valence-electron chi connectivity index (χ3n) is 2.63. The maximum absolute atomic E-state index is 10.0. The van der Waals surface area contributed by atoms with Crippen molar-refractivity contribution < 1.29 is 5.11 Å². The summed E-state index contributed by atoms with van der Waals surface area (Å²) in [7, 11) is 0. The van der Waals surface area contributed by atoms with E-state index < -0.39 is 5.60 Å². The molecule has 1 fully saturated rings. The van der Waals surface area contributed by atoms with Crippen LogP contribution in [0.4, 0.5) is 0 Å². The molecule has 1 heterocycles. The summed E-state index contributed by atoms with van der Waals surface area (Å²) in [6.45, 7) is 7.20. The number of hydrogen-bond acceptors (Lipinski definition) is 2. The summed E-state index contributed by atoms with van der Waals surface area (Å²) in [6, 6.07) is 0. The first-order valence-electron chi connectivity index (χ1n) is 5.15. The molecule has 1 saturated heterocycles. The Bertz CT molecular complexity index is 206. The number of hydrogen-bond donors (Lipinski definition) is 1. The van der Waals surface area contributed by atoms with Crippen molar-refractivity contribution >= 4 is 0 Å². The molecule has 0 aromatic heterocycles. The molecule has 1 rings (SSSR count). The standard InChI is InChI=1S/C11H19NO/c1-3-5-6-11(13)7-9-12(4-2)10-8-11/h13H,3-4,7-10H2,1-2H3. The molecule has 0 spiro atoms. The first kappa shape index (κ1) is 10.6. The largest absolute Gasteiger partial charge is 0.378 e. The van der Waals surface area contributed by atoms with Crippen LogP contribution in [0.25, 0.3) is 0 Å². The zero-order chi connectivity index (χ0) is 9.73. The fourth-order valence-corrected chi connectivity index (χ4v) is 1.62. The zero-order valence-electron chi connectivity index (χ0n) is 8.64. The minimum atomic E-state index is -0.693. The molecule has 0 atom stereocenters. The molecule has 0 radical (unpaired) electrons. The van der Waals surface area contributed by atoms with E-state index in [1.807, 2.05) is 6.92 Å². The van der Waals surface area contributed by atoms with Crippen LogP contribution in [0.15, 0.2) is 0 Å². The van der Waals surface area contributed by atoms with Gasteiger partial charge in [0, 0.05) is 32.4 Å². The van der Waals surface area contributed by atoms with Gasteiger partial charge in [-0.25, -0.2) is 0 Å². The summed E-state index contributed by atoms with van der Waals surface area (Å²) in [5.41, 5.74) is -0.693. The molecule has 1 N–H and O–H groups in total. The Morgan fingerprint density at radius 2 is 1.92 bits per heavy atom. The van der Waals surface area contributed by atoms with E-state index >= 15 is 0 Å². The average Bonchev–Trinajstić information content (AvgIpc) is 2.16. The molecule has 0 aromatic rings. The van der Waals surface area contributed by atoms with E-state index in [4.69, 9.17) is 0 Å². The lowest BCUT2D eigenvalue weighted by Crippen LogP contribution is -2.43. The molecule has 1 aliphatic rings. The number of rotatable bonds is 1. The smallest absolute Gasteiger partial charge is 0.127 e. The number of likely N-dealkylation sites (tertiary alicyclic amines) is 1. The summed E-state index contributed by atoms with van der Waals surface area (Å²) >= 11 is 0. The van der Waals surface area contributed by atoms with Crippen LogP contribution >= 0.6 is 0 Å². The van der Waals surface area contributed by atoms with Gasteiger partial charge >= 0.3 is 0 Å². The van der Waals surface area contributed by atoms with Crippen molar-refractivity contribution in [2.45, 2.75) is 38.7 Å². The molecule has 2 nitrogen and oxygen atoms in total. The number of nitrogens with zero attached hydrogens (tertiary/aromatic N) is 1. The second kappa shape index (κ2) is 4.64. The lowest BCUT2D eigenvalue weighted by Gasteiger charge is -2.34. The predicted octanol–water partition coefficient (Wildman–Crippen LogP) is 1.25. The summed E-state index contributed by atoms with van der Waals surface area (Å²) in [4.78, 5) is 2.35. The molecule has 0 bridgehead atoms. The lowest BCUT2D eigenvalue weighted by atomic mass is 9.92. The second-order valence-corrected chi connectivity index (χ2v) is 3.62. The number of aliphatic hydroxyl groups is 1. The molecule has 0 aliphatic carbocycles. The molecule has 1 aliphatic heterocycles. The summed E-state index contributed by atoms with van der Waals surface area (Å²) in [5, 5.41) is 10.0. The average molecular weight is 181 g/mol. The van der Waals surface area contributed by atoms with E-state index in [0.717, 1.165) is 38.9 Å². The Morgan fingerprint density at radius 1 is 1.31 bits per heavy atom. The minimum Gasteiger partial charge on any atom is -0.378 e. The van der Waals surface area contributed by atoms with E-state index in [9.17, 15) is 5.11 Å². The third kappa shape index (κ3) is 3.02. The highest BCUT2D eigenvalue weighted by Gasteiger charge is 2.29. The van der Waals surface area contributed by atoms with Gasteiger partial charge in [-0.2, -0.15) is 0 Å². The van der Waals surface area contributed by atoms with Crippen molar-refractivity contribution in [3.8, 4) is 11.8 Å². The van der Waals surface area contributed by atoms with Gasteiger partial charge < -0.3 is 10.0 Å². The number of piperidine rings is 1. The van der Waals surface area contributed by atoms with E-state index in [1.165, 1.54) is 0 Å². The van der Waals surface area contributed by atoms with Gasteiger partial charge in [0.15, 0.2) is 0 Å². The van der Waals surface area contributed by atoms with Crippen molar-refractivity contribution in [1.82, 2.24) is 4.90 Å². The van der Waals surface area contributed by atoms with Crippen LogP contribution in [0.5, 0.6) is 0 Å². The Kier molecular flexibility index (Phi) is 3.77. The highest BCUT2D eigenvalue weighted by molar-refractivity contribution is 5.14. The monoisotopic (exact) mass is 181 g/mol. The molecule has 0 amide bonds. The highest BCUT2D eigenvalue weighted by Crippen LogP contribution is 2.20. The fourth-order valence-electron chi connectivity index (χ4n) is 1.62. The van der Waals surface area contributed by atoms with Crippen LogP contribution in [-0.2, 0) is 0 Å².